The predicted octanol–water partition coefficient (Wildman–Crippen LogP) is 26.0. The molecule has 0 unspecified atom stereocenters. The van der Waals surface area contributed by atoms with E-state index in [9.17, 15) is 0 Å². The molecule has 0 N–H and O–H groups in total. The van der Waals surface area contributed by atoms with E-state index in [4.69, 9.17) is 0 Å². The van der Waals surface area contributed by atoms with Crippen molar-refractivity contribution in [3.63, 3.8) is 0 Å². The molecule has 0 radical (unpaired) electrons. The van der Waals surface area contributed by atoms with Crippen molar-refractivity contribution in [1.29, 1.82) is 0 Å². The van der Waals surface area contributed by atoms with Gasteiger partial charge in [0.2, 0.25) is 0 Å². The summed E-state index contributed by atoms with van der Waals surface area (Å²) in [5, 5.41) is 10.0. The lowest BCUT2D eigenvalue weighted by atomic mass is 9.33. The molecule has 2 aliphatic rings. The van der Waals surface area contributed by atoms with Crippen LogP contribution >= 0.6 is 11.3 Å². The van der Waals surface area contributed by atoms with Crippen LogP contribution in [0.1, 0.15) is 105 Å². The van der Waals surface area contributed by atoms with Gasteiger partial charge in [-0.25, -0.2) is 0 Å². The smallest absolute Gasteiger partial charge is 0.254 e. The zero-order valence-corrected chi connectivity index (χ0v) is 63.8. The molecule has 0 aliphatic carbocycles. The molecule has 4 aromatic heterocycles. The van der Waals surface area contributed by atoms with E-state index in [1.165, 1.54) is 113 Å². The first-order valence-corrected chi connectivity index (χ1v) is 38.8. The highest BCUT2D eigenvalue weighted by Crippen LogP contribution is 2.54. The van der Waals surface area contributed by atoms with E-state index in [0.717, 1.165) is 84.5 Å². The Bertz CT molecular complexity index is 6540. The van der Waals surface area contributed by atoms with Gasteiger partial charge in [0.15, 0.2) is 0 Å². The lowest BCUT2D eigenvalue weighted by Crippen LogP contribution is -2.61. The van der Waals surface area contributed by atoms with Crippen molar-refractivity contribution in [2.45, 2.75) is 105 Å². The van der Waals surface area contributed by atoms with Crippen LogP contribution in [-0.2, 0) is 21.7 Å². The van der Waals surface area contributed by atoms with E-state index >= 15 is 0 Å². The van der Waals surface area contributed by atoms with Gasteiger partial charge in [0.25, 0.3) is 6.71 Å². The Hall–Kier alpha value is -11.6. The van der Waals surface area contributed by atoms with Gasteiger partial charge in [0.1, 0.15) is 0 Å². The third kappa shape index (κ3) is 9.96. The van der Waals surface area contributed by atoms with Crippen LogP contribution in [-0.4, -0.2) is 20.4 Å². The number of aromatic nitrogens is 3. The van der Waals surface area contributed by atoms with E-state index in [1.54, 1.807) is 0 Å². The molecule has 0 saturated carbocycles. The summed E-state index contributed by atoms with van der Waals surface area (Å²) >= 11 is 1.95. The molecule has 7 heteroatoms. The Morgan fingerprint density at radius 3 is 1.11 bits per heavy atom. The van der Waals surface area contributed by atoms with Crippen LogP contribution in [0.5, 0.6) is 0 Å². The molecule has 0 saturated heterocycles. The van der Waals surface area contributed by atoms with Crippen LogP contribution in [0.4, 0.5) is 34.1 Å². The van der Waals surface area contributed by atoms with E-state index in [2.05, 4.69) is 398 Å². The number of benzene rings is 14. The molecule has 6 heterocycles. The summed E-state index contributed by atoms with van der Waals surface area (Å²) < 4.78 is 10.3. The third-order valence-corrected chi connectivity index (χ3v) is 24.6. The van der Waals surface area contributed by atoms with Crippen molar-refractivity contribution in [3.05, 3.63) is 313 Å². The quantitative estimate of drug-likeness (QED) is 0.148. The molecule has 0 fully saturated rings. The highest BCUT2D eigenvalue weighted by Gasteiger charge is 2.47. The summed E-state index contributed by atoms with van der Waals surface area (Å²) in [6.45, 7) is 27.8. The summed E-state index contributed by atoms with van der Waals surface area (Å²) in [6.07, 6.45) is 0. The lowest BCUT2D eigenvalue weighted by molar-refractivity contribution is 0.590. The maximum Gasteiger partial charge on any atom is 0.254 e. The van der Waals surface area contributed by atoms with Crippen molar-refractivity contribution >= 4 is 154 Å². The van der Waals surface area contributed by atoms with Crippen molar-refractivity contribution in [3.8, 4) is 39.3 Å². The van der Waals surface area contributed by atoms with Gasteiger partial charge in [0, 0.05) is 92.1 Å². The topological polar surface area (TPSA) is 21.3 Å². The molecular weight excluding hydrogens is 1310 g/mol. The van der Waals surface area contributed by atoms with E-state index < -0.39 is 0 Å². The van der Waals surface area contributed by atoms with Gasteiger partial charge in [0.05, 0.1) is 55.8 Å². The molecule has 14 aromatic carbocycles. The minimum atomic E-state index is -0.278. The number of hydrogen-bond donors (Lipinski definition) is 0. The first-order valence-electron chi connectivity index (χ1n) is 38.0. The molecule has 0 amide bonds. The average molecular weight is 1400 g/mol. The van der Waals surface area contributed by atoms with Crippen molar-refractivity contribution in [2.24, 2.45) is 0 Å². The molecule has 0 spiro atoms. The zero-order valence-electron chi connectivity index (χ0n) is 62.9. The Morgan fingerprint density at radius 1 is 0.262 bits per heavy atom. The largest absolute Gasteiger partial charge is 0.311 e. The number of hydrogen-bond acceptors (Lipinski definition) is 3. The van der Waals surface area contributed by atoms with E-state index in [0.29, 0.717) is 0 Å². The first kappa shape index (κ1) is 64.9. The Balaban J connectivity index is 0.982. The monoisotopic (exact) mass is 1400 g/mol. The summed E-state index contributed by atoms with van der Waals surface area (Å²) in [5.41, 5.74) is 30.5. The van der Waals surface area contributed by atoms with Gasteiger partial charge < -0.3 is 23.5 Å². The Kier molecular flexibility index (Phi) is 14.2. The Morgan fingerprint density at radius 2 is 0.636 bits per heavy atom. The molecule has 518 valence electrons. The van der Waals surface area contributed by atoms with E-state index in [-0.39, 0.29) is 28.4 Å². The normalized spacial score (nSPS) is 13.4. The number of anilines is 6. The number of para-hydroxylation sites is 4. The first-order chi connectivity index (χ1) is 51.6. The minimum absolute atomic E-state index is 0.0567. The molecular formula is C100H84BN5S. The summed E-state index contributed by atoms with van der Waals surface area (Å²) in [4.78, 5) is 5.38. The van der Waals surface area contributed by atoms with Crippen LogP contribution < -0.4 is 26.2 Å². The standard InChI is InChI=1S/C100H84BN5S/c1-97(2,3)63-43-49-83-74(53-63)75-54-64(98(4,5)6)44-50-84(75)102(83)67-47-48-78-87(57-67)105(79-38-24-19-33-69(79)61-29-15-13-16-30-61)89-58-68(103-81-40-26-21-35-71(81)72-36-22-27-41-82(72)103)59-90-94(89)101(78)95-91(106(90)80-39-25-20-34-70(80)62-31-17-14-18-32-62)60-88(93-73-37-23-28-42-92(73)107-96(93)95)104-85-51-45-65(99(7,8)9)55-76(85)77-56-66(100(10,11)12)46-52-86(77)104/h13-60H,1-12H3. The molecule has 18 aromatic rings. The van der Waals surface area contributed by atoms with Crippen LogP contribution in [0.25, 0.3) is 125 Å². The van der Waals surface area contributed by atoms with Crippen LogP contribution in [0.15, 0.2) is 291 Å². The van der Waals surface area contributed by atoms with Gasteiger partial charge in [-0.15, -0.1) is 11.3 Å². The van der Waals surface area contributed by atoms with Crippen LogP contribution in [0.2, 0.25) is 0 Å². The number of fused-ring (bicyclic) bond motifs is 17. The lowest BCUT2D eigenvalue weighted by Gasteiger charge is -2.45. The molecule has 0 bridgehead atoms. The second-order valence-corrected chi connectivity index (χ2v) is 35.2. The minimum Gasteiger partial charge on any atom is -0.311 e. The maximum atomic E-state index is 2.71. The highest BCUT2D eigenvalue weighted by atomic mass is 32.1. The van der Waals surface area contributed by atoms with Crippen molar-refractivity contribution < 1.29 is 0 Å². The van der Waals surface area contributed by atoms with Crippen LogP contribution in [0.3, 0.4) is 0 Å². The van der Waals surface area contributed by atoms with Gasteiger partial charge in [-0.3, -0.25) is 0 Å². The fourth-order valence-corrected chi connectivity index (χ4v) is 19.3. The van der Waals surface area contributed by atoms with Crippen molar-refractivity contribution in [1.82, 2.24) is 13.7 Å². The second-order valence-electron chi connectivity index (χ2n) is 34.1. The number of thiophene rings is 1. The number of rotatable bonds is 7. The van der Waals surface area contributed by atoms with Crippen LogP contribution in [0, 0.1) is 0 Å². The SMILES string of the molecule is CC(C)(C)c1ccc2c(c1)c1cc(C(C)(C)C)ccc1n2-c1ccc2c(c1)N(c1ccccc1-c1ccccc1)c1cc(-n3c4ccccc4c4ccccc43)cc3c1B2c1c(cc(-n2c4ccc(C(C)(C)C)cc4c4cc(C(C)(C)C)ccc42)c2c1sc1ccccc12)N3c1ccccc1-c1ccccc1. The summed E-state index contributed by atoms with van der Waals surface area (Å²) in [5.74, 6) is 0. The molecule has 0 atom stereocenters. The van der Waals surface area contributed by atoms with Gasteiger partial charge in [-0.05, 0) is 181 Å². The molecule has 2 aliphatic heterocycles. The Labute approximate surface area is 630 Å². The van der Waals surface area contributed by atoms with Gasteiger partial charge in [-0.1, -0.05) is 265 Å². The fraction of sp³-hybridized carbons (Fsp3) is 0.160. The number of nitrogens with zero attached hydrogens (tertiary/aromatic N) is 5. The third-order valence-electron chi connectivity index (χ3n) is 23.4. The van der Waals surface area contributed by atoms with Crippen molar-refractivity contribution in [2.75, 3.05) is 9.80 Å². The molecule has 20 rings (SSSR count). The second kappa shape index (κ2) is 23.4. The average Bonchev–Trinajstić information content (AvgIpc) is 1.67. The zero-order chi connectivity index (χ0) is 72.9. The summed E-state index contributed by atoms with van der Waals surface area (Å²) in [7, 11) is 0. The maximum absolute atomic E-state index is 2.71. The summed E-state index contributed by atoms with van der Waals surface area (Å²) in [6, 6.07) is 112. The van der Waals surface area contributed by atoms with Gasteiger partial charge in [-0.2, -0.15) is 0 Å². The molecule has 5 nitrogen and oxygen atoms in total. The predicted molar refractivity (Wildman–Crippen MR) is 462 cm³/mol. The van der Waals surface area contributed by atoms with Gasteiger partial charge >= 0.3 is 0 Å². The molecule has 107 heavy (non-hydrogen) atoms. The highest BCUT2D eigenvalue weighted by molar-refractivity contribution is 7.28. The van der Waals surface area contributed by atoms with E-state index in [1.807, 2.05) is 11.3 Å². The fourth-order valence-electron chi connectivity index (χ4n) is 18.0.